The van der Waals surface area contributed by atoms with Gasteiger partial charge in [-0.15, -0.1) is 0 Å². The molecule has 2 aliphatic rings. The maximum atomic E-state index is 12.7. The zero-order valence-electron chi connectivity index (χ0n) is 17.4. The summed E-state index contributed by atoms with van der Waals surface area (Å²) in [5, 5.41) is 15.8. The van der Waals surface area contributed by atoms with Crippen molar-refractivity contribution in [2.45, 2.75) is 33.6 Å². The molecule has 0 atom stereocenters. The van der Waals surface area contributed by atoms with Crippen LogP contribution in [-0.2, 0) is 4.79 Å². The number of aromatic nitrogens is 1. The van der Waals surface area contributed by atoms with Gasteiger partial charge in [0, 0.05) is 23.1 Å². The first kappa shape index (κ1) is 20.2. The number of amides is 1. The highest BCUT2D eigenvalue weighted by atomic mass is 32.2. The Kier molecular flexibility index (Phi) is 5.34. The Labute approximate surface area is 179 Å². The number of rotatable bonds is 5. The van der Waals surface area contributed by atoms with Crippen LogP contribution >= 0.6 is 11.8 Å². The molecule has 2 aliphatic heterocycles. The van der Waals surface area contributed by atoms with Crippen molar-refractivity contribution in [3.63, 3.8) is 0 Å². The number of hydrogen-bond acceptors (Lipinski definition) is 5. The second-order valence-corrected chi connectivity index (χ2v) is 8.17. The van der Waals surface area contributed by atoms with E-state index in [1.165, 1.54) is 16.8 Å². The molecule has 3 heterocycles. The molecule has 0 unspecified atom stereocenters. The lowest BCUT2D eigenvalue weighted by atomic mass is 10.1. The van der Waals surface area contributed by atoms with Crippen molar-refractivity contribution < 1.29 is 9.53 Å². The number of amidine groups is 2. The predicted octanol–water partition coefficient (Wildman–Crippen LogP) is 4.52. The van der Waals surface area contributed by atoms with Crippen molar-refractivity contribution in [1.82, 2.24) is 9.58 Å². The molecule has 1 amide bonds. The number of thioether (sulfide) groups is 1. The van der Waals surface area contributed by atoms with Crippen LogP contribution < -0.4 is 4.74 Å². The van der Waals surface area contributed by atoms with Gasteiger partial charge < -0.3 is 9.30 Å². The molecule has 0 saturated carbocycles. The van der Waals surface area contributed by atoms with Crippen LogP contribution in [0.2, 0.25) is 0 Å². The van der Waals surface area contributed by atoms with E-state index in [0.29, 0.717) is 5.17 Å². The van der Waals surface area contributed by atoms with Crippen LogP contribution in [0.3, 0.4) is 0 Å². The molecular formula is C22H23N5O2S. The Morgan fingerprint density at radius 1 is 1.27 bits per heavy atom. The van der Waals surface area contributed by atoms with Gasteiger partial charge in [0.05, 0.1) is 12.7 Å². The number of ether oxygens (including phenoxy) is 1. The Morgan fingerprint density at radius 2 is 2.07 bits per heavy atom. The molecule has 0 saturated heterocycles. The number of carbonyl (C=O) groups excluding carboxylic acids is 1. The van der Waals surface area contributed by atoms with Gasteiger partial charge in [0.15, 0.2) is 5.84 Å². The number of hydrogen-bond donors (Lipinski definition) is 1. The topological polar surface area (TPSA) is 83.0 Å². The Balaban J connectivity index is 1.72. The van der Waals surface area contributed by atoms with Crippen LogP contribution in [0.15, 0.2) is 46.0 Å². The smallest absolute Gasteiger partial charge is 0.283 e. The minimum atomic E-state index is -0.405. The van der Waals surface area contributed by atoms with Crippen molar-refractivity contribution in [2.75, 3.05) is 7.11 Å². The number of methoxy groups -OCH3 is 1. The lowest BCUT2D eigenvalue weighted by molar-refractivity contribution is -0.114. The molecule has 0 radical (unpaired) electrons. The molecule has 1 aromatic heterocycles. The van der Waals surface area contributed by atoms with Crippen LogP contribution in [0.5, 0.6) is 5.75 Å². The number of aryl methyl sites for hydroxylation is 1. The highest BCUT2D eigenvalue weighted by Gasteiger charge is 2.35. The third-order valence-electron chi connectivity index (χ3n) is 5.04. The second-order valence-electron chi connectivity index (χ2n) is 7.13. The van der Waals surface area contributed by atoms with Crippen LogP contribution in [0.1, 0.15) is 36.7 Å². The Hall–Kier alpha value is -3.13. The van der Waals surface area contributed by atoms with E-state index in [4.69, 9.17) is 10.1 Å². The molecule has 0 aliphatic carbocycles. The average molecular weight is 422 g/mol. The van der Waals surface area contributed by atoms with E-state index in [1.54, 1.807) is 13.2 Å². The van der Waals surface area contributed by atoms with E-state index in [1.807, 2.05) is 44.2 Å². The SMILES string of the molecule is CCCC1=NN2C(=N)C(=Cc3cc(C)n(-c4cccc(OC)c4)c3C)C(=O)N=C2S1. The summed E-state index contributed by atoms with van der Waals surface area (Å²) in [5.74, 6) is 0.436. The quantitative estimate of drug-likeness (QED) is 0.720. The molecule has 0 spiro atoms. The summed E-state index contributed by atoms with van der Waals surface area (Å²) < 4.78 is 7.45. The summed E-state index contributed by atoms with van der Waals surface area (Å²) in [6.07, 6.45) is 3.50. The molecule has 2 aromatic rings. The standard InChI is InChI=1S/C22H23N5O2S/c1-5-7-19-25-27-20(23)18(21(28)24-22(27)30-19)11-15-10-13(2)26(14(15)3)16-8-6-9-17(12-16)29-4/h6,8-12,23H,5,7H2,1-4H3. The average Bonchev–Trinajstić information content (AvgIpc) is 3.25. The van der Waals surface area contributed by atoms with E-state index in [-0.39, 0.29) is 11.4 Å². The summed E-state index contributed by atoms with van der Waals surface area (Å²) in [4.78, 5) is 16.8. The third kappa shape index (κ3) is 3.47. The van der Waals surface area contributed by atoms with Crippen molar-refractivity contribution in [3.8, 4) is 11.4 Å². The van der Waals surface area contributed by atoms with Gasteiger partial charge in [0.1, 0.15) is 10.8 Å². The van der Waals surface area contributed by atoms with Crippen molar-refractivity contribution >= 4 is 39.8 Å². The fourth-order valence-electron chi connectivity index (χ4n) is 3.58. The summed E-state index contributed by atoms with van der Waals surface area (Å²) in [6, 6.07) is 9.83. The molecule has 1 aromatic carbocycles. The van der Waals surface area contributed by atoms with Gasteiger partial charge >= 0.3 is 0 Å². The van der Waals surface area contributed by atoms with Gasteiger partial charge in [-0.05, 0) is 68.3 Å². The Bertz CT molecular complexity index is 1140. The number of carbonyl (C=O) groups is 1. The van der Waals surface area contributed by atoms with E-state index in [2.05, 4.69) is 21.6 Å². The first-order chi connectivity index (χ1) is 14.4. The van der Waals surface area contributed by atoms with Gasteiger partial charge in [-0.3, -0.25) is 10.2 Å². The highest BCUT2D eigenvalue weighted by Crippen LogP contribution is 2.31. The van der Waals surface area contributed by atoms with Crippen LogP contribution in [0, 0.1) is 19.3 Å². The number of fused-ring (bicyclic) bond motifs is 1. The first-order valence-corrected chi connectivity index (χ1v) is 10.6. The van der Waals surface area contributed by atoms with Crippen molar-refractivity contribution in [3.05, 3.63) is 52.9 Å². The maximum absolute atomic E-state index is 12.7. The summed E-state index contributed by atoms with van der Waals surface area (Å²) in [6.45, 7) is 6.08. The predicted molar refractivity (Wildman–Crippen MR) is 122 cm³/mol. The van der Waals surface area contributed by atoms with Crippen molar-refractivity contribution in [2.24, 2.45) is 10.1 Å². The van der Waals surface area contributed by atoms with Crippen LogP contribution in [0.25, 0.3) is 11.8 Å². The number of benzene rings is 1. The fourth-order valence-corrected chi connectivity index (χ4v) is 4.57. The maximum Gasteiger partial charge on any atom is 0.283 e. The molecule has 0 bridgehead atoms. The van der Waals surface area contributed by atoms with E-state index >= 15 is 0 Å². The molecule has 1 N–H and O–H groups in total. The van der Waals surface area contributed by atoms with Gasteiger partial charge in [0.2, 0.25) is 5.17 Å². The molecule has 4 rings (SSSR count). The number of aliphatic imine (C=N–C) groups is 1. The molecule has 154 valence electrons. The second kappa shape index (κ2) is 7.95. The van der Waals surface area contributed by atoms with E-state index < -0.39 is 5.91 Å². The third-order valence-corrected chi connectivity index (χ3v) is 6.01. The van der Waals surface area contributed by atoms with E-state index in [0.717, 1.165) is 46.3 Å². The summed E-state index contributed by atoms with van der Waals surface area (Å²) in [7, 11) is 1.64. The van der Waals surface area contributed by atoms with Gasteiger partial charge in [0.25, 0.3) is 5.91 Å². The molecule has 0 fully saturated rings. The van der Waals surface area contributed by atoms with Gasteiger partial charge in [-0.25, -0.2) is 0 Å². The molecule has 8 heteroatoms. The number of nitrogens with one attached hydrogen (secondary N) is 1. The minimum absolute atomic E-state index is 0.0646. The summed E-state index contributed by atoms with van der Waals surface area (Å²) >= 11 is 1.37. The first-order valence-electron chi connectivity index (χ1n) is 9.75. The van der Waals surface area contributed by atoms with Gasteiger partial charge in [-0.2, -0.15) is 15.1 Å². The Morgan fingerprint density at radius 3 is 2.80 bits per heavy atom. The molecule has 7 nitrogen and oxygen atoms in total. The molecule has 30 heavy (non-hydrogen) atoms. The van der Waals surface area contributed by atoms with Crippen LogP contribution in [-0.4, -0.2) is 38.6 Å². The fraction of sp³-hybridized carbons (Fsp3) is 0.273. The molecular weight excluding hydrogens is 398 g/mol. The number of nitrogens with zero attached hydrogens (tertiary/aromatic N) is 4. The monoisotopic (exact) mass is 421 g/mol. The highest BCUT2D eigenvalue weighted by molar-refractivity contribution is 8.26. The normalized spacial score (nSPS) is 17.3. The lowest BCUT2D eigenvalue weighted by Gasteiger charge is -2.20. The lowest BCUT2D eigenvalue weighted by Crippen LogP contribution is -2.35. The largest absolute Gasteiger partial charge is 0.497 e. The van der Waals surface area contributed by atoms with E-state index in [9.17, 15) is 4.79 Å². The van der Waals surface area contributed by atoms with Crippen LogP contribution in [0.4, 0.5) is 0 Å². The summed E-state index contributed by atoms with van der Waals surface area (Å²) in [5.41, 5.74) is 4.07. The van der Waals surface area contributed by atoms with Crippen molar-refractivity contribution in [1.29, 1.82) is 5.41 Å². The zero-order valence-corrected chi connectivity index (χ0v) is 18.2. The zero-order chi connectivity index (χ0) is 21.4. The minimum Gasteiger partial charge on any atom is -0.497 e. The number of hydrazone groups is 1. The van der Waals surface area contributed by atoms with Gasteiger partial charge in [-0.1, -0.05) is 13.0 Å².